The minimum absolute atomic E-state index is 0.0380. The number of fused-ring (bicyclic) bond motifs is 1. The van der Waals surface area contributed by atoms with Crippen LogP contribution in [0.5, 0.6) is 0 Å². The lowest BCUT2D eigenvalue weighted by molar-refractivity contribution is -0.120. The molecule has 1 aromatic carbocycles. The molecule has 0 heterocycles. The van der Waals surface area contributed by atoms with Gasteiger partial charge in [0.15, 0.2) is 0 Å². The van der Waals surface area contributed by atoms with Crippen LogP contribution in [-0.2, 0) is 24.1 Å². The molecule has 0 saturated heterocycles. The molecule has 0 atom stereocenters. The number of aryl methyl sites for hydroxylation is 2. The summed E-state index contributed by atoms with van der Waals surface area (Å²) < 4.78 is 0. The van der Waals surface area contributed by atoms with E-state index >= 15 is 0 Å². The molecule has 3 nitrogen and oxygen atoms in total. The zero-order valence-corrected chi connectivity index (χ0v) is 13.2. The molecule has 0 spiro atoms. The Bertz CT molecular complexity index is 494. The average molecular weight is 289 g/mol. The normalized spacial score (nSPS) is 14.0. The maximum Gasteiger partial charge on any atom is 0.224 e. The van der Waals surface area contributed by atoms with E-state index in [2.05, 4.69) is 37.4 Å². The summed E-state index contributed by atoms with van der Waals surface area (Å²) in [5.41, 5.74) is 4.02. The van der Waals surface area contributed by atoms with Gasteiger partial charge in [-0.25, -0.2) is 0 Å². The first-order valence-corrected chi connectivity index (χ1v) is 7.98. The molecular formula is C18H27NO2. The fraction of sp³-hybridized carbons (Fsp3) is 0.611. The van der Waals surface area contributed by atoms with Crippen molar-refractivity contribution >= 4 is 5.91 Å². The first-order valence-electron chi connectivity index (χ1n) is 7.98. The Morgan fingerprint density at radius 3 is 2.81 bits per heavy atom. The van der Waals surface area contributed by atoms with Crippen molar-refractivity contribution in [2.24, 2.45) is 5.41 Å². The Labute approximate surface area is 127 Å². The van der Waals surface area contributed by atoms with Crippen LogP contribution in [0.15, 0.2) is 18.2 Å². The van der Waals surface area contributed by atoms with Gasteiger partial charge in [-0.15, -0.1) is 0 Å². The third kappa shape index (κ3) is 4.85. The van der Waals surface area contributed by atoms with Crippen LogP contribution in [0, 0.1) is 5.41 Å². The molecule has 3 heteroatoms. The zero-order valence-electron chi connectivity index (χ0n) is 13.2. The maximum atomic E-state index is 12.1. The average Bonchev–Trinajstić information content (AvgIpc) is 2.91. The first-order chi connectivity index (χ1) is 10.00. The van der Waals surface area contributed by atoms with E-state index in [1.807, 2.05) is 0 Å². The molecule has 0 saturated carbocycles. The van der Waals surface area contributed by atoms with Gasteiger partial charge < -0.3 is 10.4 Å². The molecule has 116 valence electrons. The lowest BCUT2D eigenvalue weighted by atomic mass is 9.88. The van der Waals surface area contributed by atoms with Gasteiger partial charge in [0.25, 0.3) is 0 Å². The van der Waals surface area contributed by atoms with Gasteiger partial charge in [0.05, 0.1) is 6.42 Å². The third-order valence-corrected chi connectivity index (χ3v) is 4.30. The van der Waals surface area contributed by atoms with E-state index in [1.165, 1.54) is 24.0 Å². The fourth-order valence-electron chi connectivity index (χ4n) is 2.97. The van der Waals surface area contributed by atoms with Gasteiger partial charge in [0.2, 0.25) is 5.91 Å². The summed E-state index contributed by atoms with van der Waals surface area (Å²) in [7, 11) is 0. The van der Waals surface area contributed by atoms with Crippen molar-refractivity contribution in [3.8, 4) is 0 Å². The van der Waals surface area contributed by atoms with Gasteiger partial charge in [0.1, 0.15) is 0 Å². The molecule has 0 fully saturated rings. The van der Waals surface area contributed by atoms with E-state index in [9.17, 15) is 4.79 Å². The summed E-state index contributed by atoms with van der Waals surface area (Å²) in [6, 6.07) is 6.45. The van der Waals surface area contributed by atoms with Gasteiger partial charge in [-0.3, -0.25) is 4.79 Å². The number of aliphatic hydroxyl groups excluding tert-OH is 1. The van der Waals surface area contributed by atoms with Crippen LogP contribution in [-0.4, -0.2) is 24.2 Å². The van der Waals surface area contributed by atoms with Gasteiger partial charge in [0, 0.05) is 13.2 Å². The van der Waals surface area contributed by atoms with Crippen molar-refractivity contribution < 1.29 is 9.90 Å². The van der Waals surface area contributed by atoms with Crippen LogP contribution in [0.2, 0.25) is 0 Å². The predicted octanol–water partition coefficient (Wildman–Crippen LogP) is 2.63. The highest BCUT2D eigenvalue weighted by Gasteiger charge is 2.18. The summed E-state index contributed by atoms with van der Waals surface area (Å²) in [6.07, 6.45) is 5.74. The largest absolute Gasteiger partial charge is 0.396 e. The van der Waals surface area contributed by atoms with Crippen LogP contribution in [0.4, 0.5) is 0 Å². The molecular weight excluding hydrogens is 262 g/mol. The summed E-state index contributed by atoms with van der Waals surface area (Å²) in [5, 5.41) is 11.9. The summed E-state index contributed by atoms with van der Waals surface area (Å²) in [4.78, 5) is 12.1. The van der Waals surface area contributed by atoms with Gasteiger partial charge in [-0.1, -0.05) is 32.0 Å². The molecule has 1 amide bonds. The van der Waals surface area contributed by atoms with Crippen molar-refractivity contribution in [2.45, 2.75) is 52.4 Å². The second-order valence-corrected chi connectivity index (χ2v) is 6.90. The van der Waals surface area contributed by atoms with Crippen molar-refractivity contribution in [2.75, 3.05) is 13.2 Å². The maximum absolute atomic E-state index is 12.1. The number of carbonyl (C=O) groups is 1. The summed E-state index contributed by atoms with van der Waals surface area (Å²) >= 11 is 0. The van der Waals surface area contributed by atoms with Crippen molar-refractivity contribution in [1.82, 2.24) is 5.32 Å². The smallest absolute Gasteiger partial charge is 0.224 e. The molecule has 0 aliphatic heterocycles. The Morgan fingerprint density at radius 1 is 1.29 bits per heavy atom. The van der Waals surface area contributed by atoms with Crippen LogP contribution < -0.4 is 5.32 Å². The Hall–Kier alpha value is -1.35. The topological polar surface area (TPSA) is 49.3 Å². The fourth-order valence-corrected chi connectivity index (χ4v) is 2.97. The Balaban J connectivity index is 1.82. The molecule has 1 aliphatic rings. The standard InChI is InChI=1S/C18H27NO2/c1-18(2,9-4-10-20)13-19-17(21)12-14-7-8-15-5-3-6-16(15)11-14/h7-8,11,20H,3-6,9-10,12-13H2,1-2H3,(H,19,21). The second-order valence-electron chi connectivity index (χ2n) is 6.90. The number of rotatable bonds is 7. The van der Waals surface area contributed by atoms with E-state index < -0.39 is 0 Å². The molecule has 0 radical (unpaired) electrons. The number of aliphatic hydroxyl groups is 1. The van der Waals surface area contributed by atoms with Crippen LogP contribution in [0.3, 0.4) is 0 Å². The molecule has 2 rings (SSSR count). The van der Waals surface area contributed by atoms with Gasteiger partial charge in [-0.05, 0) is 54.2 Å². The third-order valence-electron chi connectivity index (χ3n) is 4.30. The van der Waals surface area contributed by atoms with E-state index in [4.69, 9.17) is 5.11 Å². The van der Waals surface area contributed by atoms with Crippen molar-refractivity contribution in [3.05, 3.63) is 34.9 Å². The summed E-state index contributed by atoms with van der Waals surface area (Å²) in [5.74, 6) is 0.0880. The second kappa shape index (κ2) is 7.08. The van der Waals surface area contributed by atoms with Gasteiger partial charge >= 0.3 is 0 Å². The minimum atomic E-state index is 0.0380. The highest BCUT2D eigenvalue weighted by Crippen LogP contribution is 2.23. The van der Waals surface area contributed by atoms with Crippen molar-refractivity contribution in [3.63, 3.8) is 0 Å². The van der Waals surface area contributed by atoms with Crippen LogP contribution in [0.25, 0.3) is 0 Å². The molecule has 1 aromatic rings. The number of carbonyl (C=O) groups excluding carboxylic acids is 1. The number of nitrogens with one attached hydrogen (secondary N) is 1. The highest BCUT2D eigenvalue weighted by atomic mass is 16.2. The van der Waals surface area contributed by atoms with E-state index in [0.29, 0.717) is 13.0 Å². The highest BCUT2D eigenvalue weighted by molar-refractivity contribution is 5.78. The van der Waals surface area contributed by atoms with Crippen LogP contribution in [0.1, 0.15) is 49.8 Å². The molecule has 0 bridgehead atoms. The molecule has 0 aromatic heterocycles. The predicted molar refractivity (Wildman–Crippen MR) is 85.3 cm³/mol. The van der Waals surface area contributed by atoms with E-state index in [1.54, 1.807) is 0 Å². The summed E-state index contributed by atoms with van der Waals surface area (Å²) in [6.45, 7) is 5.12. The number of benzene rings is 1. The quantitative estimate of drug-likeness (QED) is 0.810. The molecule has 1 aliphatic carbocycles. The molecule has 2 N–H and O–H groups in total. The van der Waals surface area contributed by atoms with Crippen LogP contribution >= 0.6 is 0 Å². The lowest BCUT2D eigenvalue weighted by Crippen LogP contribution is -2.35. The van der Waals surface area contributed by atoms with Gasteiger partial charge in [-0.2, -0.15) is 0 Å². The monoisotopic (exact) mass is 289 g/mol. The molecule has 21 heavy (non-hydrogen) atoms. The SMILES string of the molecule is CC(C)(CCCO)CNC(=O)Cc1ccc2c(c1)CCC2. The number of amides is 1. The van der Waals surface area contributed by atoms with Crippen molar-refractivity contribution in [1.29, 1.82) is 0 Å². The minimum Gasteiger partial charge on any atom is -0.396 e. The Kier molecular flexibility index (Phi) is 5.40. The van der Waals surface area contributed by atoms with E-state index in [0.717, 1.165) is 24.8 Å². The Morgan fingerprint density at radius 2 is 2.05 bits per heavy atom. The number of hydrogen-bond donors (Lipinski definition) is 2. The lowest BCUT2D eigenvalue weighted by Gasteiger charge is -2.24. The first kappa shape index (κ1) is 16.0. The molecule has 0 unspecified atom stereocenters. The number of hydrogen-bond acceptors (Lipinski definition) is 2. The zero-order chi connectivity index (χ0) is 15.3. The van der Waals surface area contributed by atoms with E-state index in [-0.39, 0.29) is 17.9 Å².